The molecule has 5 fully saturated rings. The molecule has 0 aromatic heterocycles. The maximum Gasteiger partial charge on any atom is 0.255 e. The van der Waals surface area contributed by atoms with Crippen LogP contribution in [0.2, 0.25) is 0 Å². The summed E-state index contributed by atoms with van der Waals surface area (Å²) in [5.41, 5.74) is 4.60. The van der Waals surface area contributed by atoms with E-state index in [0.717, 1.165) is 17.5 Å². The van der Waals surface area contributed by atoms with E-state index in [0.29, 0.717) is 37.3 Å². The quantitative estimate of drug-likeness (QED) is 0.420. The molecule has 2 unspecified atom stereocenters. The third-order valence-electron chi connectivity index (χ3n) is 9.93. The molecule has 5 aliphatic rings. The molecule has 7 heteroatoms. The molecule has 3 aromatic carbocycles. The maximum atomic E-state index is 13.0. The van der Waals surface area contributed by atoms with Gasteiger partial charge in [-0.2, -0.15) is 4.31 Å². The van der Waals surface area contributed by atoms with E-state index in [1.54, 1.807) is 12.1 Å². The number of carbonyl (C=O) groups is 1. The highest BCUT2D eigenvalue weighted by molar-refractivity contribution is 7.89. The predicted octanol–water partition coefficient (Wildman–Crippen LogP) is 5.75. The van der Waals surface area contributed by atoms with E-state index < -0.39 is 10.0 Å². The van der Waals surface area contributed by atoms with Crippen molar-refractivity contribution in [3.05, 3.63) is 95.6 Å². The van der Waals surface area contributed by atoms with Gasteiger partial charge in [-0.05, 0) is 109 Å². The molecule has 208 valence electrons. The number of morpholine rings is 1. The van der Waals surface area contributed by atoms with Crippen molar-refractivity contribution in [3.63, 3.8) is 0 Å². The fraction of sp³-hybridized carbons (Fsp3) is 0.424. The highest BCUT2D eigenvalue weighted by Crippen LogP contribution is 2.66. The minimum atomic E-state index is -3.59. The summed E-state index contributed by atoms with van der Waals surface area (Å²) in [7, 11) is -3.59. The zero-order valence-corrected chi connectivity index (χ0v) is 23.5. The van der Waals surface area contributed by atoms with Crippen molar-refractivity contribution in [2.24, 2.45) is 11.8 Å². The lowest BCUT2D eigenvalue weighted by molar-refractivity contribution is -0.0281. The van der Waals surface area contributed by atoms with E-state index in [1.165, 1.54) is 66.1 Å². The van der Waals surface area contributed by atoms with Gasteiger partial charge in [-0.25, -0.2) is 8.42 Å². The molecule has 1 N–H and O–H groups in total. The highest BCUT2D eigenvalue weighted by atomic mass is 32.2. The zero-order valence-electron chi connectivity index (χ0n) is 22.7. The molecule has 8 rings (SSSR count). The number of anilines is 1. The predicted molar refractivity (Wildman–Crippen MR) is 155 cm³/mol. The van der Waals surface area contributed by atoms with Crippen LogP contribution in [-0.4, -0.2) is 44.9 Å². The first-order valence-corrected chi connectivity index (χ1v) is 15.9. The second-order valence-corrected chi connectivity index (χ2v) is 14.4. The molecule has 1 amide bonds. The number of carbonyl (C=O) groups excluding carboxylic acids is 1. The number of nitrogens with zero attached hydrogens (tertiary/aromatic N) is 1. The average Bonchev–Trinajstić information content (AvgIpc) is 2.98. The summed E-state index contributed by atoms with van der Waals surface area (Å²) in [5.74, 6) is 1.33. The molecule has 0 radical (unpaired) electrons. The minimum absolute atomic E-state index is 0.194. The number of hydrogen-bond donors (Lipinski definition) is 1. The zero-order chi connectivity index (χ0) is 27.4. The lowest BCUT2D eigenvalue weighted by Crippen LogP contribution is -2.55. The molecule has 0 spiro atoms. The molecular formula is C33H36N2O4S. The highest BCUT2D eigenvalue weighted by Gasteiger charge is 2.58. The van der Waals surface area contributed by atoms with Crippen molar-refractivity contribution in [3.8, 4) is 0 Å². The Hall–Kier alpha value is -3.00. The minimum Gasteiger partial charge on any atom is -0.379 e. The molecule has 6 nitrogen and oxygen atoms in total. The Morgan fingerprint density at radius 1 is 0.775 bits per heavy atom. The SMILES string of the molecule is O=C(Nc1ccc(C23CC4CC(CC(c5ccccc5)(C4)C2)C3)cc1)c1ccc(S(=O)(=O)N2CCOCC2)cc1. The number of rotatable bonds is 6. The Morgan fingerprint density at radius 2 is 1.35 bits per heavy atom. The molecule has 4 aliphatic carbocycles. The molecule has 4 bridgehead atoms. The van der Waals surface area contributed by atoms with Crippen LogP contribution in [0.15, 0.2) is 83.8 Å². The smallest absolute Gasteiger partial charge is 0.255 e. The van der Waals surface area contributed by atoms with Crippen LogP contribution in [0.1, 0.15) is 60.0 Å². The van der Waals surface area contributed by atoms with Gasteiger partial charge in [0.05, 0.1) is 18.1 Å². The summed E-state index contributed by atoms with van der Waals surface area (Å²) >= 11 is 0. The van der Waals surface area contributed by atoms with Gasteiger partial charge in [0, 0.05) is 24.3 Å². The molecule has 1 heterocycles. The van der Waals surface area contributed by atoms with Gasteiger partial charge in [0.25, 0.3) is 5.91 Å². The van der Waals surface area contributed by atoms with Crippen molar-refractivity contribution >= 4 is 21.6 Å². The second kappa shape index (κ2) is 9.82. The van der Waals surface area contributed by atoms with E-state index in [4.69, 9.17) is 4.74 Å². The first kappa shape index (κ1) is 25.9. The van der Waals surface area contributed by atoms with E-state index in [2.05, 4.69) is 47.8 Å². The standard InChI is InChI=1S/C33H36N2O4S/c36-31(26-6-12-30(13-7-26)40(37,38)35-14-16-39-17-15-35)34-29-10-8-28(9-11-29)33-21-24-18-25(22-33)20-32(19-24,23-33)27-4-2-1-3-5-27/h1-13,24-25H,14-23H2,(H,34,36). The van der Waals surface area contributed by atoms with Crippen LogP contribution in [0.4, 0.5) is 5.69 Å². The summed E-state index contributed by atoms with van der Waals surface area (Å²) in [6, 6.07) is 25.9. The average molecular weight is 557 g/mol. The molecule has 3 aromatic rings. The van der Waals surface area contributed by atoms with E-state index in [-0.39, 0.29) is 16.2 Å². The third kappa shape index (κ3) is 4.48. The number of hydrogen-bond acceptors (Lipinski definition) is 4. The third-order valence-corrected chi connectivity index (χ3v) is 11.8. The van der Waals surface area contributed by atoms with Gasteiger partial charge >= 0.3 is 0 Å². The van der Waals surface area contributed by atoms with Crippen LogP contribution in [-0.2, 0) is 25.6 Å². The van der Waals surface area contributed by atoms with Gasteiger partial charge in [0.1, 0.15) is 0 Å². The van der Waals surface area contributed by atoms with Gasteiger partial charge in [-0.15, -0.1) is 0 Å². The molecule has 1 aliphatic heterocycles. The summed E-state index contributed by atoms with van der Waals surface area (Å²) in [6.45, 7) is 1.48. The topological polar surface area (TPSA) is 75.7 Å². The molecular weight excluding hydrogens is 520 g/mol. The lowest BCUT2D eigenvalue weighted by atomic mass is 9.42. The van der Waals surface area contributed by atoms with E-state index in [1.807, 2.05) is 12.1 Å². The number of nitrogens with one attached hydrogen (secondary N) is 1. The molecule has 4 saturated carbocycles. The van der Waals surface area contributed by atoms with Gasteiger partial charge in [0.2, 0.25) is 10.0 Å². The van der Waals surface area contributed by atoms with Crippen LogP contribution in [0.3, 0.4) is 0 Å². The summed E-state index contributed by atoms with van der Waals surface area (Å²) in [4.78, 5) is 13.2. The van der Waals surface area contributed by atoms with Crippen molar-refractivity contribution in [1.82, 2.24) is 4.31 Å². The van der Waals surface area contributed by atoms with Crippen LogP contribution in [0, 0.1) is 11.8 Å². The second-order valence-electron chi connectivity index (χ2n) is 12.5. The number of sulfonamides is 1. The largest absolute Gasteiger partial charge is 0.379 e. The van der Waals surface area contributed by atoms with Crippen molar-refractivity contribution in [2.75, 3.05) is 31.6 Å². The monoisotopic (exact) mass is 556 g/mol. The molecule has 40 heavy (non-hydrogen) atoms. The normalized spacial score (nSPS) is 29.8. The van der Waals surface area contributed by atoms with Crippen LogP contribution in [0.5, 0.6) is 0 Å². The Morgan fingerprint density at radius 3 is 1.95 bits per heavy atom. The van der Waals surface area contributed by atoms with Gasteiger partial charge < -0.3 is 10.1 Å². The first-order valence-electron chi connectivity index (χ1n) is 14.5. The Balaban J connectivity index is 1.06. The number of benzene rings is 3. The molecule has 1 saturated heterocycles. The fourth-order valence-electron chi connectivity index (χ4n) is 8.55. The van der Waals surface area contributed by atoms with Crippen LogP contribution < -0.4 is 5.32 Å². The van der Waals surface area contributed by atoms with E-state index in [9.17, 15) is 13.2 Å². The number of amides is 1. The van der Waals surface area contributed by atoms with Gasteiger partial charge in [-0.3, -0.25) is 4.79 Å². The lowest BCUT2D eigenvalue weighted by Gasteiger charge is -2.62. The van der Waals surface area contributed by atoms with Gasteiger partial charge in [-0.1, -0.05) is 42.5 Å². The Bertz CT molecular complexity index is 1480. The summed E-state index contributed by atoms with van der Waals surface area (Å²) in [5, 5.41) is 3.00. The van der Waals surface area contributed by atoms with Crippen molar-refractivity contribution < 1.29 is 17.9 Å². The van der Waals surface area contributed by atoms with Crippen LogP contribution in [0.25, 0.3) is 0 Å². The number of ether oxygens (including phenoxy) is 1. The van der Waals surface area contributed by atoms with Crippen molar-refractivity contribution in [2.45, 2.75) is 54.3 Å². The molecule has 2 atom stereocenters. The maximum absolute atomic E-state index is 13.0. The van der Waals surface area contributed by atoms with Gasteiger partial charge in [0.15, 0.2) is 0 Å². The summed E-state index contributed by atoms with van der Waals surface area (Å²) < 4.78 is 32.5. The fourth-order valence-corrected chi connectivity index (χ4v) is 9.96. The Kier molecular flexibility index (Phi) is 6.37. The Labute approximate surface area is 236 Å². The van der Waals surface area contributed by atoms with E-state index >= 15 is 0 Å². The summed E-state index contributed by atoms with van der Waals surface area (Å²) in [6.07, 6.45) is 7.75. The van der Waals surface area contributed by atoms with Crippen LogP contribution >= 0.6 is 0 Å². The first-order chi connectivity index (χ1) is 19.4. The van der Waals surface area contributed by atoms with Crippen molar-refractivity contribution in [1.29, 1.82) is 0 Å².